The highest BCUT2D eigenvalue weighted by molar-refractivity contribution is 5.98. The number of guanidine groups is 1. The van der Waals surface area contributed by atoms with Crippen LogP contribution in [-0.2, 0) is 60.8 Å². The van der Waals surface area contributed by atoms with E-state index in [9.17, 15) is 63.3 Å². The number of rotatable bonds is 30. The third-order valence-electron chi connectivity index (χ3n) is 10.6. The summed E-state index contributed by atoms with van der Waals surface area (Å²) >= 11 is 0. The zero-order chi connectivity index (χ0) is 54.2. The molecule has 2 aromatic rings. The summed E-state index contributed by atoms with van der Waals surface area (Å²) < 4.78 is 0. The molecular formula is C46H68N12O14. The van der Waals surface area contributed by atoms with Gasteiger partial charge < -0.3 is 80.2 Å². The number of carbonyl (C=O) groups is 10. The first-order valence-corrected chi connectivity index (χ1v) is 22.9. The normalized spacial score (nSPS) is 14.7. The number of phenols is 1. The number of hydrogen-bond donors (Lipinski definition) is 15. The number of nitrogens with one attached hydrogen (secondary N) is 8. The zero-order valence-corrected chi connectivity index (χ0v) is 40.7. The third kappa shape index (κ3) is 21.8. The first-order valence-electron chi connectivity index (χ1n) is 22.9. The topological polar surface area (TPSA) is 438 Å². The number of aromatic hydroxyl groups is 1. The van der Waals surface area contributed by atoms with E-state index in [2.05, 4.69) is 42.2 Å². The maximum atomic E-state index is 14.3. The Bertz CT molecular complexity index is 2220. The molecule has 0 saturated heterocycles. The lowest BCUT2D eigenvalue weighted by atomic mass is 10.00. The summed E-state index contributed by atoms with van der Waals surface area (Å²) in [5, 5.41) is 57.0. The maximum Gasteiger partial charge on any atom is 0.328 e. The van der Waals surface area contributed by atoms with E-state index in [0.717, 1.165) is 0 Å². The smallest absolute Gasteiger partial charge is 0.328 e. The van der Waals surface area contributed by atoms with Crippen LogP contribution in [0.4, 0.5) is 0 Å². The van der Waals surface area contributed by atoms with Crippen LogP contribution in [0.2, 0.25) is 0 Å². The van der Waals surface area contributed by atoms with Crippen LogP contribution in [0.1, 0.15) is 71.4 Å². The fourth-order valence-electron chi connectivity index (χ4n) is 6.65. The van der Waals surface area contributed by atoms with Crippen molar-refractivity contribution in [3.8, 4) is 5.75 Å². The molecule has 0 aromatic heterocycles. The molecule has 72 heavy (non-hydrogen) atoms. The fraction of sp³-hybridized carbons (Fsp3) is 0.500. The van der Waals surface area contributed by atoms with Crippen molar-refractivity contribution in [1.29, 1.82) is 0 Å². The number of hydrogen-bond acceptors (Lipinski definition) is 14. The van der Waals surface area contributed by atoms with Gasteiger partial charge in [-0.05, 0) is 69.2 Å². The number of aliphatic hydroxyl groups is 1. The number of aliphatic hydroxyl groups excluding tert-OH is 1. The van der Waals surface area contributed by atoms with Gasteiger partial charge in [-0.1, -0.05) is 56.3 Å². The zero-order valence-electron chi connectivity index (χ0n) is 40.7. The van der Waals surface area contributed by atoms with Crippen LogP contribution >= 0.6 is 0 Å². The van der Waals surface area contributed by atoms with Gasteiger partial charge in [0.05, 0.1) is 19.1 Å². The van der Waals surface area contributed by atoms with Crippen molar-refractivity contribution in [2.24, 2.45) is 28.1 Å². The molecule has 0 heterocycles. The largest absolute Gasteiger partial charge is 0.508 e. The van der Waals surface area contributed by atoms with Crippen molar-refractivity contribution in [2.75, 3.05) is 13.2 Å². The Kier molecular flexibility index (Phi) is 25.1. The Hall–Kier alpha value is -7.87. The second-order valence-electron chi connectivity index (χ2n) is 17.4. The van der Waals surface area contributed by atoms with E-state index >= 15 is 0 Å². The number of carboxylic acid groups (broad SMARTS) is 2. The van der Waals surface area contributed by atoms with E-state index in [0.29, 0.717) is 11.1 Å². The van der Waals surface area contributed by atoms with E-state index in [1.54, 1.807) is 30.3 Å². The lowest BCUT2D eigenvalue weighted by Gasteiger charge is -2.28. The first-order chi connectivity index (χ1) is 33.8. The molecule has 9 atom stereocenters. The molecule has 0 aliphatic carbocycles. The molecule has 0 unspecified atom stereocenters. The lowest BCUT2D eigenvalue weighted by molar-refractivity contribution is -0.144. The predicted molar refractivity (Wildman–Crippen MR) is 259 cm³/mol. The molecule has 396 valence electrons. The number of carboxylic acids is 2. The summed E-state index contributed by atoms with van der Waals surface area (Å²) in [7, 11) is 0. The average molecular weight is 1010 g/mol. The van der Waals surface area contributed by atoms with Crippen LogP contribution in [0, 0.1) is 5.92 Å². The summed E-state index contributed by atoms with van der Waals surface area (Å²) in [6.07, 6.45) is -1.10. The fourth-order valence-corrected chi connectivity index (χ4v) is 6.65. The first kappa shape index (κ1) is 60.3. The molecule has 0 aliphatic rings. The van der Waals surface area contributed by atoms with Gasteiger partial charge in [0.2, 0.25) is 47.3 Å². The van der Waals surface area contributed by atoms with Crippen LogP contribution in [0.15, 0.2) is 59.6 Å². The monoisotopic (exact) mass is 1010 g/mol. The summed E-state index contributed by atoms with van der Waals surface area (Å²) in [4.78, 5) is 135. The van der Waals surface area contributed by atoms with E-state index in [-0.39, 0.29) is 56.3 Å². The standard InChI is InChI=1S/C46H68N12O14/c1-23(2)18-31(54-37(63)24(3)47)42(68)57-33(20-28-13-15-29(60)16-14-28)43(69)53-30(12-9-17-50-46(48)49)40(66)56-32(19-27-10-7-6-8-11-27)41(67)52-25(4)38(64)51-26(5)39(65)55-34(21-36(61)62)44(70)58-35(22-59)45(71)72/h6-8,10-11,13-16,23-26,30-35,59-60H,9,12,17-22,47H2,1-5H3,(H,51,64)(H,52,67)(H,53,69)(H,54,63)(H,55,65)(H,56,66)(H,57,68)(H,58,70)(H,61,62)(H,71,72)(H4,48,49,50)/t24-,25-,26-,30-,31-,32-,33-,34-,35-/m0/s1. The molecule has 0 spiro atoms. The minimum atomic E-state index is -1.83. The highest BCUT2D eigenvalue weighted by Gasteiger charge is 2.34. The van der Waals surface area contributed by atoms with Crippen LogP contribution in [0.5, 0.6) is 5.75 Å². The molecule has 0 aliphatic heterocycles. The van der Waals surface area contributed by atoms with Crippen LogP contribution in [0.3, 0.4) is 0 Å². The lowest BCUT2D eigenvalue weighted by Crippen LogP contribution is -2.60. The molecule has 2 aromatic carbocycles. The molecule has 8 amide bonds. The van der Waals surface area contributed by atoms with Crippen molar-refractivity contribution < 1.29 is 68.4 Å². The Labute approximate surface area is 415 Å². The molecular weight excluding hydrogens is 945 g/mol. The van der Waals surface area contributed by atoms with E-state index in [1.165, 1.54) is 45.0 Å². The molecule has 0 radical (unpaired) electrons. The Morgan fingerprint density at radius 1 is 0.542 bits per heavy atom. The number of nitrogens with two attached hydrogens (primary N) is 3. The van der Waals surface area contributed by atoms with E-state index < -0.39 is 127 Å². The number of aliphatic imine (C=N–C) groups is 1. The van der Waals surface area contributed by atoms with E-state index in [4.69, 9.17) is 22.3 Å². The number of benzene rings is 2. The van der Waals surface area contributed by atoms with Gasteiger partial charge in [0.1, 0.15) is 54.1 Å². The van der Waals surface area contributed by atoms with Gasteiger partial charge in [-0.15, -0.1) is 0 Å². The molecule has 26 heteroatoms. The van der Waals surface area contributed by atoms with Crippen molar-refractivity contribution >= 4 is 65.2 Å². The number of aliphatic carboxylic acids is 2. The quantitative estimate of drug-likeness (QED) is 0.0202. The Morgan fingerprint density at radius 3 is 1.47 bits per heavy atom. The molecule has 26 nitrogen and oxygen atoms in total. The van der Waals surface area contributed by atoms with Crippen LogP contribution in [0.25, 0.3) is 0 Å². The van der Waals surface area contributed by atoms with Gasteiger partial charge in [0.15, 0.2) is 5.96 Å². The number of carbonyl (C=O) groups excluding carboxylic acids is 8. The minimum absolute atomic E-state index is 0.0190. The summed E-state index contributed by atoms with van der Waals surface area (Å²) in [5.74, 6) is -10.8. The van der Waals surface area contributed by atoms with Crippen molar-refractivity contribution in [2.45, 2.75) is 128 Å². The van der Waals surface area contributed by atoms with Crippen LogP contribution in [-0.4, -0.2) is 153 Å². The van der Waals surface area contributed by atoms with E-state index in [1.807, 2.05) is 19.2 Å². The molecule has 2 rings (SSSR count). The second-order valence-corrected chi connectivity index (χ2v) is 17.4. The molecule has 0 fully saturated rings. The van der Waals surface area contributed by atoms with Gasteiger partial charge in [-0.3, -0.25) is 48.1 Å². The highest BCUT2D eigenvalue weighted by Crippen LogP contribution is 2.14. The Balaban J connectivity index is 2.42. The van der Waals surface area contributed by atoms with Gasteiger partial charge in [0.25, 0.3) is 0 Å². The predicted octanol–water partition coefficient (Wildman–Crippen LogP) is -3.91. The summed E-state index contributed by atoms with van der Waals surface area (Å²) in [6, 6.07) is 1.43. The van der Waals surface area contributed by atoms with Gasteiger partial charge in [-0.25, -0.2) is 4.79 Å². The third-order valence-corrected chi connectivity index (χ3v) is 10.6. The van der Waals surface area contributed by atoms with Crippen molar-refractivity contribution in [3.63, 3.8) is 0 Å². The van der Waals surface area contributed by atoms with Gasteiger partial charge >= 0.3 is 11.9 Å². The van der Waals surface area contributed by atoms with Crippen molar-refractivity contribution in [3.05, 3.63) is 65.7 Å². The SMILES string of the molecule is CC(C)C[C@H](NC(=O)[C@H](C)N)C(=O)N[C@@H](Cc1ccc(O)cc1)C(=O)N[C@@H](CCCN=C(N)N)C(=O)N[C@@H](Cc1ccccc1)C(=O)N[C@@H](C)C(=O)N[C@@H](C)C(=O)N[C@@H](CC(=O)O)C(=O)N[C@@H](CO)C(=O)O. The molecule has 0 bridgehead atoms. The van der Waals surface area contributed by atoms with Crippen LogP contribution < -0.4 is 59.7 Å². The number of amides is 8. The van der Waals surface area contributed by atoms with Crippen molar-refractivity contribution in [1.82, 2.24) is 42.5 Å². The summed E-state index contributed by atoms with van der Waals surface area (Å²) in [5.41, 5.74) is 17.8. The van der Waals surface area contributed by atoms with Gasteiger partial charge in [0, 0.05) is 19.4 Å². The maximum absolute atomic E-state index is 14.3. The molecule has 18 N–H and O–H groups in total. The minimum Gasteiger partial charge on any atom is -0.508 e. The number of nitrogens with zero attached hydrogens (tertiary/aromatic N) is 1. The average Bonchev–Trinajstić information content (AvgIpc) is 3.30. The second kappa shape index (κ2) is 30.0. The summed E-state index contributed by atoms with van der Waals surface area (Å²) in [6.45, 7) is 6.50. The Morgan fingerprint density at radius 2 is 0.972 bits per heavy atom. The molecule has 0 saturated carbocycles. The highest BCUT2D eigenvalue weighted by atomic mass is 16.4. The number of phenolic OH excluding ortho intramolecular Hbond substituents is 1. The van der Waals surface area contributed by atoms with Gasteiger partial charge in [-0.2, -0.15) is 0 Å².